The third-order valence-electron chi connectivity index (χ3n) is 4.77. The van der Waals surface area contributed by atoms with E-state index in [0.717, 1.165) is 36.3 Å². The highest BCUT2D eigenvalue weighted by Gasteiger charge is 2.14. The van der Waals surface area contributed by atoms with Crippen LogP contribution >= 0.6 is 0 Å². The van der Waals surface area contributed by atoms with Gasteiger partial charge in [-0.2, -0.15) is 0 Å². The first-order valence-corrected chi connectivity index (χ1v) is 8.60. The first-order chi connectivity index (χ1) is 11.7. The smallest absolute Gasteiger partial charge is 0.131 e. The Balaban J connectivity index is 1.89. The van der Waals surface area contributed by atoms with E-state index < -0.39 is 0 Å². The molecule has 3 nitrogen and oxygen atoms in total. The zero-order valence-electron chi connectivity index (χ0n) is 14.1. The largest absolute Gasteiger partial charge is 0.394 e. The Bertz CT molecular complexity index is 679. The highest BCUT2D eigenvalue weighted by atomic mass is 19.1. The van der Waals surface area contributed by atoms with Crippen molar-refractivity contribution in [2.45, 2.75) is 25.4 Å². The average molecular weight is 328 g/mol. The second-order valence-electron chi connectivity index (χ2n) is 6.45. The second kappa shape index (κ2) is 7.88. The minimum absolute atomic E-state index is 0.0113. The average Bonchev–Trinajstić information content (AvgIpc) is 3.11. The van der Waals surface area contributed by atoms with Crippen LogP contribution in [0.3, 0.4) is 0 Å². The monoisotopic (exact) mass is 328 g/mol. The van der Waals surface area contributed by atoms with Gasteiger partial charge in [-0.25, -0.2) is 4.39 Å². The van der Waals surface area contributed by atoms with Crippen LogP contribution in [0.25, 0.3) is 11.1 Å². The van der Waals surface area contributed by atoms with Crippen LogP contribution in [0.2, 0.25) is 0 Å². The Morgan fingerprint density at radius 1 is 1.17 bits per heavy atom. The van der Waals surface area contributed by atoms with Crippen molar-refractivity contribution in [3.63, 3.8) is 0 Å². The molecule has 1 saturated heterocycles. The molecule has 24 heavy (non-hydrogen) atoms. The van der Waals surface area contributed by atoms with Crippen LogP contribution in [-0.2, 0) is 6.54 Å². The lowest BCUT2D eigenvalue weighted by molar-refractivity contribution is 0.251. The molecule has 4 heteroatoms. The molecule has 0 saturated carbocycles. The van der Waals surface area contributed by atoms with Gasteiger partial charge in [-0.15, -0.1) is 0 Å². The molecule has 0 bridgehead atoms. The summed E-state index contributed by atoms with van der Waals surface area (Å²) < 4.78 is 14.4. The Morgan fingerprint density at radius 3 is 2.67 bits per heavy atom. The standard InChI is InChI=1S/C20H25FN2O/c1-22-20(14-24)17-6-4-5-16(12-17)18-11-15(7-8-19(18)21)13-23-9-2-3-10-23/h4-8,11-12,20,22,24H,2-3,9-10,13-14H2,1H3/t20-/m0/s1. The predicted molar refractivity (Wildman–Crippen MR) is 95.2 cm³/mol. The van der Waals surface area contributed by atoms with Crippen LogP contribution in [0, 0.1) is 5.82 Å². The molecule has 0 radical (unpaired) electrons. The Hall–Kier alpha value is -1.75. The third-order valence-corrected chi connectivity index (χ3v) is 4.77. The molecule has 1 aliphatic heterocycles. The van der Waals surface area contributed by atoms with Gasteiger partial charge in [-0.1, -0.05) is 24.3 Å². The van der Waals surface area contributed by atoms with Gasteiger partial charge in [0.25, 0.3) is 0 Å². The fourth-order valence-electron chi connectivity index (χ4n) is 3.38. The van der Waals surface area contributed by atoms with Crippen LogP contribution in [0.5, 0.6) is 0 Å². The van der Waals surface area contributed by atoms with Crippen molar-refractivity contribution < 1.29 is 9.50 Å². The van der Waals surface area contributed by atoms with Gasteiger partial charge in [-0.05, 0) is 67.9 Å². The van der Waals surface area contributed by atoms with Gasteiger partial charge in [-0.3, -0.25) is 4.90 Å². The summed E-state index contributed by atoms with van der Waals surface area (Å²) in [6, 6.07) is 13.0. The molecule has 2 aromatic carbocycles. The molecule has 1 heterocycles. The summed E-state index contributed by atoms with van der Waals surface area (Å²) in [6.45, 7) is 3.14. The molecule has 2 aromatic rings. The van der Waals surface area contributed by atoms with Crippen molar-refractivity contribution >= 4 is 0 Å². The van der Waals surface area contributed by atoms with Gasteiger partial charge in [0.1, 0.15) is 5.82 Å². The summed E-state index contributed by atoms with van der Waals surface area (Å²) in [5, 5.41) is 12.5. The van der Waals surface area contributed by atoms with Crippen molar-refractivity contribution in [3.05, 3.63) is 59.4 Å². The maximum atomic E-state index is 14.4. The van der Waals surface area contributed by atoms with Crippen LogP contribution in [-0.4, -0.2) is 36.8 Å². The number of likely N-dealkylation sites (tertiary alicyclic amines) is 1. The first-order valence-electron chi connectivity index (χ1n) is 8.60. The molecule has 0 amide bonds. The zero-order valence-corrected chi connectivity index (χ0v) is 14.1. The molecule has 1 aliphatic rings. The predicted octanol–water partition coefficient (Wildman–Crippen LogP) is 3.34. The van der Waals surface area contributed by atoms with Crippen molar-refractivity contribution in [2.24, 2.45) is 0 Å². The number of halogens is 1. The SMILES string of the molecule is CN[C@@H](CO)c1cccc(-c2cc(CN3CCCC3)ccc2F)c1. The van der Waals surface area contributed by atoms with Crippen LogP contribution in [0.15, 0.2) is 42.5 Å². The van der Waals surface area contributed by atoms with Gasteiger partial charge in [0.15, 0.2) is 0 Å². The summed E-state index contributed by atoms with van der Waals surface area (Å²) in [6.07, 6.45) is 2.51. The molecule has 1 atom stereocenters. The normalized spacial score (nSPS) is 16.5. The van der Waals surface area contributed by atoms with Crippen LogP contribution in [0.1, 0.15) is 30.0 Å². The van der Waals surface area contributed by atoms with Crippen LogP contribution in [0.4, 0.5) is 4.39 Å². The van der Waals surface area contributed by atoms with E-state index in [1.54, 1.807) is 6.07 Å². The van der Waals surface area contributed by atoms with Gasteiger partial charge >= 0.3 is 0 Å². The Morgan fingerprint density at radius 2 is 1.96 bits per heavy atom. The van der Waals surface area contributed by atoms with E-state index in [9.17, 15) is 9.50 Å². The van der Waals surface area contributed by atoms with E-state index in [1.165, 1.54) is 12.8 Å². The molecule has 0 aromatic heterocycles. The molecular formula is C20H25FN2O. The molecule has 1 fully saturated rings. The number of aliphatic hydroxyl groups excluding tert-OH is 1. The molecular weight excluding hydrogens is 303 g/mol. The summed E-state index contributed by atoms with van der Waals surface area (Å²) in [5.41, 5.74) is 3.58. The minimum atomic E-state index is -0.206. The van der Waals surface area contributed by atoms with Gasteiger partial charge in [0.2, 0.25) is 0 Å². The molecule has 0 aliphatic carbocycles. The fourth-order valence-corrected chi connectivity index (χ4v) is 3.38. The second-order valence-corrected chi connectivity index (χ2v) is 6.45. The van der Waals surface area contributed by atoms with Crippen molar-refractivity contribution in [1.29, 1.82) is 0 Å². The highest BCUT2D eigenvalue weighted by molar-refractivity contribution is 5.66. The van der Waals surface area contributed by atoms with Crippen molar-refractivity contribution in [2.75, 3.05) is 26.7 Å². The summed E-state index contributed by atoms with van der Waals surface area (Å²) in [5.74, 6) is -0.206. The lowest BCUT2D eigenvalue weighted by atomic mass is 9.98. The zero-order chi connectivity index (χ0) is 16.9. The number of rotatable bonds is 6. The molecule has 128 valence electrons. The van der Waals surface area contributed by atoms with Crippen LogP contribution < -0.4 is 5.32 Å². The third kappa shape index (κ3) is 3.83. The summed E-state index contributed by atoms with van der Waals surface area (Å²) >= 11 is 0. The molecule has 3 rings (SSSR count). The van der Waals surface area contributed by atoms with Gasteiger partial charge in [0.05, 0.1) is 12.6 Å². The number of hydrogen-bond donors (Lipinski definition) is 2. The van der Waals surface area contributed by atoms with Crippen molar-refractivity contribution in [1.82, 2.24) is 10.2 Å². The van der Waals surface area contributed by atoms with E-state index in [4.69, 9.17) is 0 Å². The number of nitrogens with zero attached hydrogens (tertiary/aromatic N) is 1. The number of likely N-dealkylation sites (N-methyl/N-ethyl adjacent to an activating group) is 1. The van der Waals surface area contributed by atoms with Gasteiger partial charge in [0, 0.05) is 12.1 Å². The fraction of sp³-hybridized carbons (Fsp3) is 0.400. The number of benzene rings is 2. The van der Waals surface area contributed by atoms with Gasteiger partial charge < -0.3 is 10.4 Å². The minimum Gasteiger partial charge on any atom is -0.394 e. The molecule has 2 N–H and O–H groups in total. The topological polar surface area (TPSA) is 35.5 Å². The molecule has 0 spiro atoms. The van der Waals surface area contributed by atoms with E-state index in [0.29, 0.717) is 5.56 Å². The highest BCUT2D eigenvalue weighted by Crippen LogP contribution is 2.27. The first kappa shape index (κ1) is 17.1. The lowest BCUT2D eigenvalue weighted by Crippen LogP contribution is -2.19. The number of hydrogen-bond acceptors (Lipinski definition) is 3. The quantitative estimate of drug-likeness (QED) is 0.854. The maximum Gasteiger partial charge on any atom is 0.131 e. The Kier molecular flexibility index (Phi) is 5.61. The number of nitrogens with one attached hydrogen (secondary N) is 1. The summed E-state index contributed by atoms with van der Waals surface area (Å²) in [7, 11) is 1.81. The number of aliphatic hydroxyl groups is 1. The Labute approximate surface area is 143 Å². The van der Waals surface area contributed by atoms with E-state index in [1.807, 2.05) is 43.4 Å². The van der Waals surface area contributed by atoms with E-state index in [2.05, 4.69) is 10.2 Å². The molecule has 0 unspecified atom stereocenters. The van der Waals surface area contributed by atoms with Crippen molar-refractivity contribution in [3.8, 4) is 11.1 Å². The van der Waals surface area contributed by atoms with E-state index in [-0.39, 0.29) is 18.5 Å². The summed E-state index contributed by atoms with van der Waals surface area (Å²) in [4.78, 5) is 2.41. The van der Waals surface area contributed by atoms with E-state index >= 15 is 0 Å². The lowest BCUT2D eigenvalue weighted by Gasteiger charge is -2.17. The maximum absolute atomic E-state index is 14.4.